The molecule has 74 valence electrons. The molecule has 0 aromatic rings. The van der Waals surface area contributed by atoms with Gasteiger partial charge in [-0.3, -0.25) is 0 Å². The summed E-state index contributed by atoms with van der Waals surface area (Å²) in [5.74, 6) is 2.49. The van der Waals surface area contributed by atoms with Crippen molar-refractivity contribution in [2.24, 2.45) is 11.8 Å². The lowest BCUT2D eigenvalue weighted by atomic mass is 9.97. The summed E-state index contributed by atoms with van der Waals surface area (Å²) in [5.41, 5.74) is 2.38. The molecule has 14 heavy (non-hydrogen) atoms. The SMILES string of the molecule is C=C/C(=C/C)C1=CC2CC2C=C1OC. The molecule has 1 heteroatoms. The van der Waals surface area contributed by atoms with Gasteiger partial charge in [-0.2, -0.15) is 0 Å². The quantitative estimate of drug-likeness (QED) is 0.618. The van der Waals surface area contributed by atoms with Crippen molar-refractivity contribution in [2.75, 3.05) is 7.11 Å². The highest BCUT2D eigenvalue weighted by atomic mass is 16.5. The molecule has 1 fully saturated rings. The van der Waals surface area contributed by atoms with E-state index in [0.29, 0.717) is 0 Å². The Labute approximate surface area is 85.5 Å². The van der Waals surface area contributed by atoms with E-state index in [1.807, 2.05) is 13.0 Å². The van der Waals surface area contributed by atoms with Crippen molar-refractivity contribution in [2.45, 2.75) is 13.3 Å². The number of fused-ring (bicyclic) bond motifs is 1. The molecule has 0 saturated heterocycles. The van der Waals surface area contributed by atoms with Gasteiger partial charge in [-0.05, 0) is 36.8 Å². The molecule has 2 rings (SSSR count). The van der Waals surface area contributed by atoms with Crippen molar-refractivity contribution < 1.29 is 4.74 Å². The fourth-order valence-corrected chi connectivity index (χ4v) is 2.00. The van der Waals surface area contributed by atoms with Crippen LogP contribution in [0.25, 0.3) is 0 Å². The smallest absolute Gasteiger partial charge is 0.122 e. The van der Waals surface area contributed by atoms with Crippen LogP contribution in [0.15, 0.2) is 47.8 Å². The molecule has 0 amide bonds. The number of ether oxygens (including phenoxy) is 1. The molecule has 0 aromatic heterocycles. The van der Waals surface area contributed by atoms with Crippen molar-refractivity contribution in [3.05, 3.63) is 47.8 Å². The zero-order chi connectivity index (χ0) is 10.1. The Morgan fingerprint density at radius 2 is 2.21 bits per heavy atom. The van der Waals surface area contributed by atoms with E-state index in [1.54, 1.807) is 7.11 Å². The van der Waals surface area contributed by atoms with Crippen LogP contribution in [-0.4, -0.2) is 7.11 Å². The Bertz CT molecular complexity index is 344. The fraction of sp³-hybridized carbons (Fsp3) is 0.385. The summed E-state index contributed by atoms with van der Waals surface area (Å²) in [4.78, 5) is 0. The fourth-order valence-electron chi connectivity index (χ4n) is 2.00. The Balaban J connectivity index is 2.33. The van der Waals surface area contributed by atoms with Crippen molar-refractivity contribution in [1.29, 1.82) is 0 Å². The topological polar surface area (TPSA) is 9.23 Å². The Kier molecular flexibility index (Phi) is 2.32. The lowest BCUT2D eigenvalue weighted by Gasteiger charge is -2.15. The second kappa shape index (κ2) is 3.49. The summed E-state index contributed by atoms with van der Waals surface area (Å²) < 4.78 is 5.39. The van der Waals surface area contributed by atoms with Crippen molar-refractivity contribution >= 4 is 0 Å². The number of hydrogen-bond acceptors (Lipinski definition) is 1. The van der Waals surface area contributed by atoms with Crippen LogP contribution in [0, 0.1) is 11.8 Å². The maximum absolute atomic E-state index is 5.39. The second-order valence-corrected chi connectivity index (χ2v) is 3.83. The predicted molar refractivity (Wildman–Crippen MR) is 58.7 cm³/mol. The minimum Gasteiger partial charge on any atom is -0.496 e. The van der Waals surface area contributed by atoms with Gasteiger partial charge in [0.15, 0.2) is 0 Å². The van der Waals surface area contributed by atoms with Crippen LogP contribution in [0.2, 0.25) is 0 Å². The molecule has 0 heterocycles. The molecule has 0 aliphatic heterocycles. The van der Waals surface area contributed by atoms with Crippen LogP contribution in [0.3, 0.4) is 0 Å². The van der Waals surface area contributed by atoms with Gasteiger partial charge in [-0.25, -0.2) is 0 Å². The van der Waals surface area contributed by atoms with Gasteiger partial charge in [0, 0.05) is 5.57 Å². The molecule has 0 spiro atoms. The number of hydrogen-bond donors (Lipinski definition) is 0. The monoisotopic (exact) mass is 188 g/mol. The van der Waals surface area contributed by atoms with Crippen molar-refractivity contribution in [3.8, 4) is 0 Å². The maximum atomic E-state index is 5.39. The predicted octanol–water partition coefficient (Wildman–Crippen LogP) is 3.23. The van der Waals surface area contributed by atoms with Crippen LogP contribution in [0.5, 0.6) is 0 Å². The molecule has 2 aliphatic rings. The van der Waals surface area contributed by atoms with Crippen molar-refractivity contribution in [1.82, 2.24) is 0 Å². The molecule has 1 nitrogen and oxygen atoms in total. The minimum atomic E-state index is 0.733. The number of methoxy groups -OCH3 is 1. The third-order valence-electron chi connectivity index (χ3n) is 2.96. The van der Waals surface area contributed by atoms with E-state index in [0.717, 1.165) is 17.6 Å². The van der Waals surface area contributed by atoms with Gasteiger partial charge in [0.05, 0.1) is 7.11 Å². The van der Waals surface area contributed by atoms with E-state index in [9.17, 15) is 0 Å². The minimum absolute atomic E-state index is 0.733. The van der Waals surface area contributed by atoms with Gasteiger partial charge in [0.2, 0.25) is 0 Å². The molecule has 2 aliphatic carbocycles. The molecule has 0 bridgehead atoms. The van der Waals surface area contributed by atoms with Crippen LogP contribution in [-0.2, 0) is 4.74 Å². The highest BCUT2D eigenvalue weighted by Gasteiger charge is 2.38. The summed E-state index contributed by atoms with van der Waals surface area (Å²) >= 11 is 0. The first-order valence-electron chi connectivity index (χ1n) is 5.07. The Morgan fingerprint density at radius 1 is 1.50 bits per heavy atom. The zero-order valence-corrected chi connectivity index (χ0v) is 8.79. The first-order chi connectivity index (χ1) is 6.80. The lowest BCUT2D eigenvalue weighted by Crippen LogP contribution is -2.00. The van der Waals surface area contributed by atoms with Crippen LogP contribution >= 0.6 is 0 Å². The van der Waals surface area contributed by atoms with Crippen molar-refractivity contribution in [3.63, 3.8) is 0 Å². The summed E-state index contributed by atoms with van der Waals surface area (Å²) in [7, 11) is 1.73. The number of rotatable bonds is 3. The third-order valence-corrected chi connectivity index (χ3v) is 2.96. The average molecular weight is 188 g/mol. The third kappa shape index (κ3) is 1.43. The van der Waals surface area contributed by atoms with Gasteiger partial charge in [0.25, 0.3) is 0 Å². The lowest BCUT2D eigenvalue weighted by molar-refractivity contribution is 0.298. The number of allylic oxidation sites excluding steroid dienone is 5. The zero-order valence-electron chi connectivity index (χ0n) is 8.79. The molecular weight excluding hydrogens is 172 g/mol. The van der Waals surface area contributed by atoms with E-state index in [-0.39, 0.29) is 0 Å². The summed E-state index contributed by atoms with van der Waals surface area (Å²) in [6.07, 6.45) is 9.81. The van der Waals surface area contributed by atoms with Gasteiger partial charge in [0.1, 0.15) is 5.76 Å². The highest BCUT2D eigenvalue weighted by Crippen LogP contribution is 2.47. The molecule has 2 unspecified atom stereocenters. The Morgan fingerprint density at radius 3 is 2.79 bits per heavy atom. The van der Waals surface area contributed by atoms with Crippen LogP contribution in [0.1, 0.15) is 13.3 Å². The molecule has 0 N–H and O–H groups in total. The molecule has 0 radical (unpaired) electrons. The van der Waals surface area contributed by atoms with Gasteiger partial charge in [-0.15, -0.1) is 0 Å². The highest BCUT2D eigenvalue weighted by molar-refractivity contribution is 5.52. The first kappa shape index (κ1) is 9.32. The summed E-state index contributed by atoms with van der Waals surface area (Å²) in [5, 5.41) is 0. The molecule has 2 atom stereocenters. The van der Waals surface area contributed by atoms with Gasteiger partial charge >= 0.3 is 0 Å². The normalized spacial score (nSPS) is 30.0. The standard InChI is InChI=1S/C13H16O/c1-4-9(5-2)12-7-10-6-11(10)8-13(12)14-3/h4-5,7-8,10-11H,1,6H2,2-3H3/b9-5-. The van der Waals surface area contributed by atoms with E-state index in [1.165, 1.54) is 17.6 Å². The average Bonchev–Trinajstić information content (AvgIpc) is 2.96. The molecule has 0 aromatic carbocycles. The van der Waals surface area contributed by atoms with Crippen LogP contribution < -0.4 is 0 Å². The van der Waals surface area contributed by atoms with Gasteiger partial charge < -0.3 is 4.74 Å². The van der Waals surface area contributed by atoms with E-state index >= 15 is 0 Å². The van der Waals surface area contributed by atoms with E-state index in [4.69, 9.17) is 4.74 Å². The molecule has 1 saturated carbocycles. The maximum Gasteiger partial charge on any atom is 0.122 e. The molecular formula is C13H16O. The first-order valence-corrected chi connectivity index (χ1v) is 5.07. The summed E-state index contributed by atoms with van der Waals surface area (Å²) in [6.45, 7) is 5.85. The van der Waals surface area contributed by atoms with Gasteiger partial charge in [-0.1, -0.05) is 24.8 Å². The summed E-state index contributed by atoms with van der Waals surface area (Å²) in [6, 6.07) is 0. The Hall–Kier alpha value is -1.24. The van der Waals surface area contributed by atoms with E-state index in [2.05, 4.69) is 24.8 Å². The van der Waals surface area contributed by atoms with Crippen LogP contribution in [0.4, 0.5) is 0 Å². The van der Waals surface area contributed by atoms with E-state index < -0.39 is 0 Å². The second-order valence-electron chi connectivity index (χ2n) is 3.83. The largest absolute Gasteiger partial charge is 0.496 e.